The molecule has 0 amide bonds. The van der Waals surface area contributed by atoms with Crippen molar-refractivity contribution in [3.63, 3.8) is 0 Å². The van der Waals surface area contributed by atoms with Gasteiger partial charge in [-0.15, -0.1) is 0 Å². The molecule has 0 heterocycles. The van der Waals surface area contributed by atoms with Gasteiger partial charge in [0.2, 0.25) is 0 Å². The highest BCUT2D eigenvalue weighted by molar-refractivity contribution is 5.89. The summed E-state index contributed by atoms with van der Waals surface area (Å²) in [5, 5.41) is 15.1. The van der Waals surface area contributed by atoms with E-state index in [2.05, 4.69) is 5.90 Å². The molecule has 4 N–H and O–H groups in total. The van der Waals surface area contributed by atoms with E-state index < -0.39 is 5.97 Å². The van der Waals surface area contributed by atoms with Crippen LogP contribution >= 0.6 is 0 Å². The van der Waals surface area contributed by atoms with Crippen LogP contribution in [0.25, 0.3) is 0 Å². The van der Waals surface area contributed by atoms with Gasteiger partial charge in [0.15, 0.2) is 0 Å². The smallest absolute Gasteiger partial charge is 0.335 e. The number of hydrogen-bond donors (Lipinski definition) is 3. The molecular formula is C8H11NO3. The van der Waals surface area contributed by atoms with Gasteiger partial charge in [0, 0.05) is 0 Å². The van der Waals surface area contributed by atoms with Gasteiger partial charge in [-0.3, -0.25) is 0 Å². The lowest BCUT2D eigenvalue weighted by Gasteiger charge is -1.96. The first-order valence-corrected chi connectivity index (χ1v) is 3.26. The maximum Gasteiger partial charge on any atom is 0.335 e. The van der Waals surface area contributed by atoms with Crippen LogP contribution in [0.15, 0.2) is 24.3 Å². The molecule has 12 heavy (non-hydrogen) atoms. The van der Waals surface area contributed by atoms with Crippen molar-refractivity contribution in [2.24, 2.45) is 5.90 Å². The number of carbonyl (C=O) groups is 1. The minimum Gasteiger partial charge on any atom is -0.478 e. The molecule has 4 nitrogen and oxygen atoms in total. The summed E-state index contributed by atoms with van der Waals surface area (Å²) in [4.78, 5) is 10.4. The predicted octanol–water partition coefficient (Wildman–Crippen LogP) is 1.03. The topological polar surface area (TPSA) is 83.5 Å². The number of aryl methyl sites for hydroxylation is 1. The first kappa shape index (κ1) is 10.6. The highest BCUT2D eigenvalue weighted by Gasteiger charge is 2.02. The lowest BCUT2D eigenvalue weighted by molar-refractivity contribution is 0.0696. The summed E-state index contributed by atoms with van der Waals surface area (Å²) < 4.78 is 0. The van der Waals surface area contributed by atoms with Crippen LogP contribution < -0.4 is 5.90 Å². The Kier molecular flexibility index (Phi) is 4.67. The van der Waals surface area contributed by atoms with Crippen molar-refractivity contribution in [3.8, 4) is 0 Å². The summed E-state index contributed by atoms with van der Waals surface area (Å²) in [6.07, 6.45) is 0. The maximum absolute atomic E-state index is 10.4. The van der Waals surface area contributed by atoms with Crippen LogP contribution in [0.2, 0.25) is 0 Å². The number of carboxylic acid groups (broad SMARTS) is 1. The Morgan fingerprint density at radius 3 is 2.17 bits per heavy atom. The van der Waals surface area contributed by atoms with E-state index in [-0.39, 0.29) is 0 Å². The fourth-order valence-corrected chi connectivity index (χ4v) is 0.813. The van der Waals surface area contributed by atoms with Gasteiger partial charge in [-0.1, -0.05) is 18.2 Å². The fourth-order valence-electron chi connectivity index (χ4n) is 0.813. The molecule has 0 radical (unpaired) electrons. The molecule has 0 saturated carbocycles. The van der Waals surface area contributed by atoms with E-state index in [0.29, 0.717) is 5.56 Å². The second-order valence-electron chi connectivity index (χ2n) is 2.12. The number of carboxylic acids is 1. The average Bonchev–Trinajstić information content (AvgIpc) is 2.08. The zero-order valence-corrected chi connectivity index (χ0v) is 6.69. The Hall–Kier alpha value is -1.39. The van der Waals surface area contributed by atoms with Gasteiger partial charge >= 0.3 is 5.97 Å². The highest BCUT2D eigenvalue weighted by Crippen LogP contribution is 2.05. The van der Waals surface area contributed by atoms with Crippen LogP contribution in [0.1, 0.15) is 15.9 Å². The Morgan fingerprint density at radius 2 is 1.83 bits per heavy atom. The molecule has 0 aliphatic rings. The number of benzene rings is 1. The maximum atomic E-state index is 10.4. The summed E-state index contributed by atoms with van der Waals surface area (Å²) in [7, 11) is 0. The molecule has 0 spiro atoms. The third-order valence-corrected chi connectivity index (χ3v) is 1.38. The fraction of sp³-hybridized carbons (Fsp3) is 0.125. The second kappa shape index (κ2) is 5.29. The molecule has 1 aromatic rings. The molecular weight excluding hydrogens is 158 g/mol. The largest absolute Gasteiger partial charge is 0.478 e. The summed E-state index contributed by atoms with van der Waals surface area (Å²) in [6, 6.07) is 6.92. The standard InChI is InChI=1S/C8H8O2.H3NO/c1-6-4-2-3-5-7(6)8(9)10;1-2/h2-5H,1H3,(H,9,10);2H,1H2. The van der Waals surface area contributed by atoms with Gasteiger partial charge in [0.25, 0.3) is 0 Å². The van der Waals surface area contributed by atoms with Crippen molar-refractivity contribution in [2.45, 2.75) is 6.92 Å². The number of nitrogens with two attached hydrogens (primary N) is 1. The minimum absolute atomic E-state index is 0.377. The number of rotatable bonds is 1. The predicted molar refractivity (Wildman–Crippen MR) is 44.1 cm³/mol. The van der Waals surface area contributed by atoms with Gasteiger partial charge in [-0.2, -0.15) is 0 Å². The van der Waals surface area contributed by atoms with E-state index in [4.69, 9.17) is 10.3 Å². The molecule has 0 aliphatic carbocycles. The van der Waals surface area contributed by atoms with Crippen molar-refractivity contribution in [1.82, 2.24) is 0 Å². The van der Waals surface area contributed by atoms with E-state index in [1.165, 1.54) is 0 Å². The second-order valence-corrected chi connectivity index (χ2v) is 2.12. The Labute approximate surface area is 70.2 Å². The first-order valence-electron chi connectivity index (χ1n) is 3.26. The van der Waals surface area contributed by atoms with Crippen molar-refractivity contribution in [2.75, 3.05) is 0 Å². The zero-order valence-electron chi connectivity index (χ0n) is 6.69. The van der Waals surface area contributed by atoms with Gasteiger partial charge in [0.05, 0.1) is 5.56 Å². The van der Waals surface area contributed by atoms with Crippen molar-refractivity contribution < 1.29 is 15.1 Å². The lowest BCUT2D eigenvalue weighted by atomic mass is 10.1. The molecule has 66 valence electrons. The molecule has 0 aromatic heterocycles. The molecule has 0 aliphatic heterocycles. The van der Waals surface area contributed by atoms with Gasteiger partial charge in [0.1, 0.15) is 0 Å². The van der Waals surface area contributed by atoms with Crippen molar-refractivity contribution >= 4 is 5.97 Å². The summed E-state index contributed by atoms with van der Waals surface area (Å²) in [5.74, 6) is 2.64. The first-order chi connectivity index (χ1) is 5.72. The van der Waals surface area contributed by atoms with Gasteiger partial charge in [-0.05, 0) is 18.6 Å². The molecule has 1 aromatic carbocycles. The van der Waals surface area contributed by atoms with Gasteiger partial charge < -0.3 is 10.3 Å². The van der Waals surface area contributed by atoms with Crippen LogP contribution in [0.3, 0.4) is 0 Å². The highest BCUT2D eigenvalue weighted by atomic mass is 16.4. The van der Waals surface area contributed by atoms with E-state index in [1.807, 2.05) is 6.07 Å². The number of hydrogen-bond acceptors (Lipinski definition) is 3. The van der Waals surface area contributed by atoms with E-state index in [1.54, 1.807) is 25.1 Å². The van der Waals surface area contributed by atoms with Crippen LogP contribution in [-0.4, -0.2) is 16.3 Å². The molecule has 0 fully saturated rings. The SMILES string of the molecule is Cc1ccccc1C(=O)O.NO. The van der Waals surface area contributed by atoms with Crippen molar-refractivity contribution in [1.29, 1.82) is 0 Å². The summed E-state index contributed by atoms with van der Waals surface area (Å²) in [6.45, 7) is 1.78. The third kappa shape index (κ3) is 2.69. The van der Waals surface area contributed by atoms with E-state index in [9.17, 15) is 4.79 Å². The summed E-state index contributed by atoms with van der Waals surface area (Å²) >= 11 is 0. The number of aromatic carboxylic acids is 1. The zero-order chi connectivity index (χ0) is 9.56. The molecule has 1 rings (SSSR count). The molecule has 4 heteroatoms. The van der Waals surface area contributed by atoms with Crippen LogP contribution in [0, 0.1) is 6.92 Å². The lowest BCUT2D eigenvalue weighted by Crippen LogP contribution is -1.97. The molecule has 0 bridgehead atoms. The Bertz CT molecular complexity index is 260. The monoisotopic (exact) mass is 169 g/mol. The van der Waals surface area contributed by atoms with Crippen molar-refractivity contribution in [3.05, 3.63) is 35.4 Å². The normalized spacial score (nSPS) is 8.25. The third-order valence-electron chi connectivity index (χ3n) is 1.38. The van der Waals surface area contributed by atoms with E-state index in [0.717, 1.165) is 5.56 Å². The Balaban J connectivity index is 0.000000561. The van der Waals surface area contributed by atoms with Crippen LogP contribution in [-0.2, 0) is 0 Å². The quantitative estimate of drug-likeness (QED) is 0.548. The minimum atomic E-state index is -0.863. The molecule has 0 atom stereocenters. The van der Waals surface area contributed by atoms with E-state index >= 15 is 0 Å². The average molecular weight is 169 g/mol. The van der Waals surface area contributed by atoms with Crippen LogP contribution in [0.4, 0.5) is 0 Å². The molecule has 0 unspecified atom stereocenters. The summed E-state index contributed by atoms with van der Waals surface area (Å²) in [5.41, 5.74) is 1.18. The Morgan fingerprint density at radius 1 is 1.33 bits per heavy atom. The van der Waals surface area contributed by atoms with Crippen LogP contribution in [0.5, 0.6) is 0 Å². The van der Waals surface area contributed by atoms with Gasteiger partial charge in [-0.25, -0.2) is 10.7 Å². The molecule has 0 saturated heterocycles.